The van der Waals surface area contributed by atoms with Crippen molar-refractivity contribution in [3.63, 3.8) is 0 Å². The molecule has 0 saturated carbocycles. The monoisotopic (exact) mass is 482 g/mol. The molecule has 7 heteroatoms. The molecule has 0 radical (unpaired) electrons. The summed E-state index contributed by atoms with van der Waals surface area (Å²) in [4.78, 5) is 12.2. The molecule has 0 aliphatic rings. The van der Waals surface area contributed by atoms with Crippen molar-refractivity contribution in [2.75, 3.05) is 35.2 Å². The number of ether oxygens (including phenoxy) is 5. The molecule has 1 atom stereocenters. The Morgan fingerprint density at radius 2 is 1.58 bits per heavy atom. The lowest BCUT2D eigenvalue weighted by Crippen LogP contribution is -2.25. The van der Waals surface area contributed by atoms with Crippen LogP contribution in [0.3, 0.4) is 0 Å². The van der Waals surface area contributed by atoms with Crippen LogP contribution in [0.25, 0.3) is 0 Å². The summed E-state index contributed by atoms with van der Waals surface area (Å²) in [5.41, 5.74) is 3.93. The van der Waals surface area contributed by atoms with Gasteiger partial charge in [-0.15, -0.1) is 0 Å². The SMILES string of the molecule is C=C(C[Si](C)(C)C)C(/C=C(\C)CC/C=C(/CC/C=C(\C)C(OC)OC)C(=O)OC)OCOC. The first kappa shape index (κ1) is 31.5. The number of methoxy groups -OCH3 is 4. The molecule has 33 heavy (non-hydrogen) atoms. The fourth-order valence-corrected chi connectivity index (χ4v) is 5.02. The maximum atomic E-state index is 12.2. The lowest BCUT2D eigenvalue weighted by atomic mass is 10.0. The molecule has 0 saturated heterocycles. The van der Waals surface area contributed by atoms with Crippen LogP contribution in [0.1, 0.15) is 39.5 Å². The molecule has 190 valence electrons. The Morgan fingerprint density at radius 1 is 0.970 bits per heavy atom. The van der Waals surface area contributed by atoms with Crippen LogP contribution in [0.4, 0.5) is 0 Å². The summed E-state index contributed by atoms with van der Waals surface area (Å²) in [7, 11) is 4.95. The van der Waals surface area contributed by atoms with Crippen LogP contribution >= 0.6 is 0 Å². The zero-order valence-corrected chi connectivity index (χ0v) is 23.3. The van der Waals surface area contributed by atoms with Crippen molar-refractivity contribution in [2.45, 2.75) is 77.6 Å². The number of carbonyl (C=O) groups excluding carboxylic acids is 1. The fraction of sp³-hybridized carbons (Fsp3) is 0.654. The number of hydrogen-bond donors (Lipinski definition) is 0. The van der Waals surface area contributed by atoms with E-state index in [-0.39, 0.29) is 25.2 Å². The van der Waals surface area contributed by atoms with E-state index in [2.05, 4.69) is 39.2 Å². The summed E-state index contributed by atoms with van der Waals surface area (Å²) < 4.78 is 26.5. The van der Waals surface area contributed by atoms with Gasteiger partial charge in [0.15, 0.2) is 6.29 Å². The average Bonchev–Trinajstić information content (AvgIpc) is 2.74. The third-order valence-electron chi connectivity index (χ3n) is 5.02. The van der Waals surface area contributed by atoms with Crippen LogP contribution in [0.2, 0.25) is 25.7 Å². The van der Waals surface area contributed by atoms with Gasteiger partial charge in [-0.1, -0.05) is 50.0 Å². The Balaban J connectivity index is 5.16. The number of allylic oxidation sites excluding steroid dienone is 3. The van der Waals surface area contributed by atoms with Gasteiger partial charge in [-0.05, 0) is 56.7 Å². The van der Waals surface area contributed by atoms with Crippen LogP contribution in [0, 0.1) is 0 Å². The molecule has 0 aliphatic heterocycles. The van der Waals surface area contributed by atoms with E-state index in [4.69, 9.17) is 23.7 Å². The molecule has 0 bridgehead atoms. The number of rotatable bonds is 17. The summed E-state index contributed by atoms with van der Waals surface area (Å²) in [6.45, 7) is 15.5. The lowest BCUT2D eigenvalue weighted by Gasteiger charge is -2.23. The molecule has 0 aromatic heterocycles. The third kappa shape index (κ3) is 14.4. The molecule has 0 aromatic carbocycles. The molecule has 0 amide bonds. The van der Waals surface area contributed by atoms with Crippen molar-refractivity contribution in [1.29, 1.82) is 0 Å². The first-order valence-corrected chi connectivity index (χ1v) is 15.1. The van der Waals surface area contributed by atoms with E-state index < -0.39 is 8.07 Å². The molecule has 1 unspecified atom stereocenters. The van der Waals surface area contributed by atoms with Gasteiger partial charge in [0.25, 0.3) is 0 Å². The summed E-state index contributed by atoms with van der Waals surface area (Å²) in [5, 5.41) is 0. The minimum Gasteiger partial charge on any atom is -0.466 e. The number of esters is 1. The number of carbonyl (C=O) groups is 1. The maximum absolute atomic E-state index is 12.2. The van der Waals surface area contributed by atoms with Crippen molar-refractivity contribution in [3.8, 4) is 0 Å². The predicted octanol–water partition coefficient (Wildman–Crippen LogP) is 6.04. The highest BCUT2D eigenvalue weighted by atomic mass is 28.3. The molecular weight excluding hydrogens is 436 g/mol. The molecule has 0 heterocycles. The molecule has 0 rings (SSSR count). The van der Waals surface area contributed by atoms with E-state index in [1.807, 2.05) is 19.1 Å². The Labute approximate surface area is 202 Å². The second-order valence-corrected chi connectivity index (χ2v) is 14.9. The minimum absolute atomic E-state index is 0.164. The third-order valence-corrected chi connectivity index (χ3v) is 6.53. The standard InChI is InChI=1S/C26H46O6Si/c1-20(17-24(32-19-28-4)22(3)18-33(8,9)10)13-11-15-23(25(27)29-5)16-12-14-21(2)26(30-6)31-7/h14-15,17,24,26H,3,11-13,16,18-19H2,1-2,4-10H3/b20-17+,21-14+,23-15-. The summed E-state index contributed by atoms with van der Waals surface area (Å²) in [5.74, 6) is -0.289. The Bertz CT molecular complexity index is 683. The largest absolute Gasteiger partial charge is 0.466 e. The van der Waals surface area contributed by atoms with Crippen LogP contribution < -0.4 is 0 Å². The van der Waals surface area contributed by atoms with Gasteiger partial charge in [0.1, 0.15) is 6.79 Å². The molecule has 0 spiro atoms. The fourth-order valence-electron chi connectivity index (χ4n) is 3.46. The predicted molar refractivity (Wildman–Crippen MR) is 138 cm³/mol. The van der Waals surface area contributed by atoms with E-state index >= 15 is 0 Å². The quantitative estimate of drug-likeness (QED) is 0.0828. The minimum atomic E-state index is -1.29. The first-order chi connectivity index (χ1) is 15.5. The Kier molecular flexibility index (Phi) is 16.2. The van der Waals surface area contributed by atoms with Gasteiger partial charge >= 0.3 is 5.97 Å². The van der Waals surface area contributed by atoms with E-state index in [0.29, 0.717) is 18.4 Å². The molecule has 0 aliphatic carbocycles. The van der Waals surface area contributed by atoms with Crippen LogP contribution in [0.15, 0.2) is 47.1 Å². The second kappa shape index (κ2) is 17.0. The zero-order chi connectivity index (χ0) is 25.4. The van der Waals surface area contributed by atoms with Crippen LogP contribution in [-0.4, -0.2) is 61.7 Å². The van der Waals surface area contributed by atoms with E-state index in [0.717, 1.165) is 30.0 Å². The second-order valence-electron chi connectivity index (χ2n) is 9.45. The summed E-state index contributed by atoms with van der Waals surface area (Å²) >= 11 is 0. The van der Waals surface area contributed by atoms with Gasteiger partial charge in [-0.3, -0.25) is 0 Å². The van der Waals surface area contributed by atoms with Gasteiger partial charge in [0.2, 0.25) is 0 Å². The van der Waals surface area contributed by atoms with Crippen LogP contribution in [0.5, 0.6) is 0 Å². The van der Waals surface area contributed by atoms with Crippen molar-refractivity contribution >= 4 is 14.0 Å². The van der Waals surface area contributed by atoms with E-state index in [1.165, 1.54) is 12.7 Å². The van der Waals surface area contributed by atoms with Crippen molar-refractivity contribution in [3.05, 3.63) is 47.1 Å². The summed E-state index contributed by atoms with van der Waals surface area (Å²) in [6, 6.07) is 0.998. The Morgan fingerprint density at radius 3 is 2.09 bits per heavy atom. The first-order valence-electron chi connectivity index (χ1n) is 11.4. The highest BCUT2D eigenvalue weighted by Crippen LogP contribution is 2.22. The van der Waals surface area contributed by atoms with Crippen molar-refractivity contribution in [2.24, 2.45) is 0 Å². The molecule has 0 aromatic rings. The normalized spacial score (nSPS) is 14.5. The lowest BCUT2D eigenvalue weighted by molar-refractivity contribution is -0.136. The smallest absolute Gasteiger partial charge is 0.333 e. The van der Waals surface area contributed by atoms with Crippen LogP contribution in [-0.2, 0) is 28.5 Å². The van der Waals surface area contributed by atoms with E-state index in [9.17, 15) is 4.79 Å². The van der Waals surface area contributed by atoms with Gasteiger partial charge in [0.05, 0.1) is 13.2 Å². The van der Waals surface area contributed by atoms with Gasteiger partial charge < -0.3 is 23.7 Å². The van der Waals surface area contributed by atoms with Crippen molar-refractivity contribution in [1.82, 2.24) is 0 Å². The van der Waals surface area contributed by atoms with Gasteiger partial charge in [-0.25, -0.2) is 4.79 Å². The molecule has 6 nitrogen and oxygen atoms in total. The van der Waals surface area contributed by atoms with Gasteiger partial charge in [-0.2, -0.15) is 0 Å². The highest BCUT2D eigenvalue weighted by molar-refractivity contribution is 6.76. The highest BCUT2D eigenvalue weighted by Gasteiger charge is 2.20. The average molecular weight is 483 g/mol. The zero-order valence-electron chi connectivity index (χ0n) is 22.3. The molecular formula is C26H46O6Si. The number of hydrogen-bond acceptors (Lipinski definition) is 6. The van der Waals surface area contributed by atoms with E-state index in [1.54, 1.807) is 21.3 Å². The maximum Gasteiger partial charge on any atom is 0.333 e. The summed E-state index contributed by atoms with van der Waals surface area (Å²) in [6.07, 6.45) is 8.45. The topological polar surface area (TPSA) is 63.2 Å². The Hall–Kier alpha value is -1.51. The van der Waals surface area contributed by atoms with Gasteiger partial charge in [0, 0.05) is 35.0 Å². The molecule has 0 fully saturated rings. The van der Waals surface area contributed by atoms with Crippen molar-refractivity contribution < 1.29 is 28.5 Å². The molecule has 0 N–H and O–H groups in total.